The van der Waals surface area contributed by atoms with Crippen molar-refractivity contribution in [1.29, 1.82) is 0 Å². The summed E-state index contributed by atoms with van der Waals surface area (Å²) in [5.41, 5.74) is 5.16. The summed E-state index contributed by atoms with van der Waals surface area (Å²) in [5.74, 6) is 0.00240. The standard InChI is InChI=1S/C36H40F2N8O4/c1-21(47)44-13-9-30-28(20-44)34(45-12-3-4-22-14-26(23-18-39-43(2)19-23)27(33(37)38)15-31(22)45)42-46(30)24-7-10-36(11-8-24)16-25(17-36)50-32-6-5-29(35(48)49)40-41-32/h5-6,14-15,18-19,24-25,33H,3-4,7-13,16-17,20H2,1-2H3,(H,48,49). The van der Waals surface area contributed by atoms with E-state index in [-0.39, 0.29) is 34.7 Å². The Hall–Kier alpha value is -4.88. The van der Waals surface area contributed by atoms with E-state index in [0.717, 1.165) is 79.7 Å². The number of aromatic carboxylic acids is 1. The Labute approximate surface area is 288 Å². The van der Waals surface area contributed by atoms with Crippen LogP contribution in [0.5, 0.6) is 5.88 Å². The number of carboxylic acid groups (broad SMARTS) is 1. The fourth-order valence-corrected chi connectivity index (χ4v) is 8.60. The molecule has 0 atom stereocenters. The van der Waals surface area contributed by atoms with E-state index in [1.807, 2.05) is 11.0 Å². The lowest BCUT2D eigenvalue weighted by atomic mass is 9.58. The van der Waals surface area contributed by atoms with Gasteiger partial charge in [-0.1, -0.05) is 0 Å². The predicted octanol–water partition coefficient (Wildman–Crippen LogP) is 6.04. The molecule has 2 saturated carbocycles. The average molecular weight is 687 g/mol. The lowest BCUT2D eigenvalue weighted by Gasteiger charge is -2.51. The molecule has 5 heterocycles. The van der Waals surface area contributed by atoms with Crippen LogP contribution in [-0.4, -0.2) is 70.8 Å². The van der Waals surface area contributed by atoms with E-state index >= 15 is 0 Å². The van der Waals surface area contributed by atoms with Crippen molar-refractivity contribution in [2.75, 3.05) is 18.0 Å². The van der Waals surface area contributed by atoms with Gasteiger partial charge in [0.2, 0.25) is 11.8 Å². The second kappa shape index (κ2) is 12.5. The van der Waals surface area contributed by atoms with Crippen molar-refractivity contribution >= 4 is 23.4 Å². The van der Waals surface area contributed by atoms with Crippen LogP contribution in [0.4, 0.5) is 20.3 Å². The molecule has 1 amide bonds. The maximum absolute atomic E-state index is 14.6. The minimum absolute atomic E-state index is 0.0136. The van der Waals surface area contributed by atoms with Gasteiger partial charge in [0, 0.05) is 73.8 Å². The first-order valence-corrected chi connectivity index (χ1v) is 17.4. The summed E-state index contributed by atoms with van der Waals surface area (Å²) in [7, 11) is 1.78. The molecule has 4 aromatic rings. The molecule has 14 heteroatoms. The van der Waals surface area contributed by atoms with Gasteiger partial charge in [0.05, 0.1) is 18.8 Å². The Kier molecular flexibility index (Phi) is 8.06. The second-order valence-electron chi connectivity index (χ2n) is 14.4. The molecule has 2 fully saturated rings. The highest BCUT2D eigenvalue weighted by atomic mass is 19.3. The molecular weight excluding hydrogens is 646 g/mol. The molecule has 1 N–H and O–H groups in total. The third-order valence-corrected chi connectivity index (χ3v) is 11.2. The molecule has 0 radical (unpaired) electrons. The molecule has 0 saturated heterocycles. The number of carbonyl (C=O) groups is 2. The van der Waals surface area contributed by atoms with Gasteiger partial charge >= 0.3 is 5.97 Å². The fraction of sp³-hybridized carbons (Fsp3) is 0.500. The zero-order chi connectivity index (χ0) is 34.7. The second-order valence-corrected chi connectivity index (χ2v) is 14.4. The number of hydrogen-bond acceptors (Lipinski definition) is 8. The minimum Gasteiger partial charge on any atom is -0.476 e. The van der Waals surface area contributed by atoms with Crippen LogP contribution >= 0.6 is 0 Å². The first-order valence-electron chi connectivity index (χ1n) is 17.4. The van der Waals surface area contributed by atoms with E-state index in [9.17, 15) is 18.4 Å². The van der Waals surface area contributed by atoms with E-state index in [1.54, 1.807) is 43.2 Å². The molecule has 12 nitrogen and oxygen atoms in total. The number of aryl methyl sites for hydroxylation is 2. The molecule has 0 unspecified atom stereocenters. The van der Waals surface area contributed by atoms with E-state index in [0.29, 0.717) is 43.1 Å². The summed E-state index contributed by atoms with van der Waals surface area (Å²) >= 11 is 0. The van der Waals surface area contributed by atoms with Gasteiger partial charge in [0.1, 0.15) is 6.10 Å². The number of anilines is 2. The lowest BCUT2D eigenvalue weighted by molar-refractivity contribution is -0.129. The van der Waals surface area contributed by atoms with Gasteiger partial charge < -0.3 is 19.6 Å². The molecule has 0 bridgehead atoms. The smallest absolute Gasteiger partial charge is 0.356 e. The van der Waals surface area contributed by atoms with Crippen molar-refractivity contribution in [2.24, 2.45) is 12.5 Å². The van der Waals surface area contributed by atoms with E-state index < -0.39 is 12.4 Å². The number of aromatic nitrogens is 6. The first kappa shape index (κ1) is 32.3. The van der Waals surface area contributed by atoms with Crippen molar-refractivity contribution in [3.05, 3.63) is 64.7 Å². The first-order chi connectivity index (χ1) is 24.1. The number of fused-ring (bicyclic) bond motifs is 2. The summed E-state index contributed by atoms with van der Waals surface area (Å²) in [4.78, 5) is 27.6. The normalized spacial score (nSPS) is 23.1. The molecule has 262 valence electrons. The number of carbonyl (C=O) groups excluding carboxylic acids is 1. The topological polar surface area (TPSA) is 132 Å². The minimum atomic E-state index is -2.66. The number of rotatable bonds is 7. The average Bonchev–Trinajstić information content (AvgIpc) is 3.70. The van der Waals surface area contributed by atoms with Crippen LogP contribution in [0, 0.1) is 5.41 Å². The molecule has 4 aliphatic rings. The highest BCUT2D eigenvalue weighted by molar-refractivity contribution is 5.85. The van der Waals surface area contributed by atoms with Crippen molar-refractivity contribution in [3.8, 4) is 17.0 Å². The van der Waals surface area contributed by atoms with Crippen LogP contribution in [0.2, 0.25) is 0 Å². The summed E-state index contributed by atoms with van der Waals surface area (Å²) in [6.07, 6.45) is 8.92. The zero-order valence-corrected chi connectivity index (χ0v) is 28.2. The Balaban J connectivity index is 1.05. The number of benzene rings is 1. The van der Waals surface area contributed by atoms with Crippen LogP contribution in [0.25, 0.3) is 11.1 Å². The Morgan fingerprint density at radius 2 is 1.88 bits per heavy atom. The molecule has 3 aromatic heterocycles. The van der Waals surface area contributed by atoms with Gasteiger partial charge in [-0.15, -0.1) is 10.2 Å². The molecule has 2 aliphatic heterocycles. The molecule has 2 aliphatic carbocycles. The number of hydrogen-bond donors (Lipinski definition) is 1. The lowest BCUT2D eigenvalue weighted by Crippen LogP contribution is -2.46. The molecular formula is C36H40F2N8O4. The van der Waals surface area contributed by atoms with Crippen LogP contribution in [-0.2, 0) is 31.2 Å². The van der Waals surface area contributed by atoms with Gasteiger partial charge in [-0.3, -0.25) is 14.2 Å². The Morgan fingerprint density at radius 3 is 2.54 bits per heavy atom. The summed E-state index contributed by atoms with van der Waals surface area (Å²) in [5, 5.41) is 26.2. The highest BCUT2D eigenvalue weighted by Gasteiger charge is 2.48. The number of amides is 1. The van der Waals surface area contributed by atoms with Gasteiger partial charge in [0.25, 0.3) is 6.43 Å². The number of halogens is 2. The van der Waals surface area contributed by atoms with Crippen molar-refractivity contribution < 1.29 is 28.2 Å². The van der Waals surface area contributed by atoms with E-state index in [1.165, 1.54) is 6.07 Å². The summed E-state index contributed by atoms with van der Waals surface area (Å²) < 4.78 is 39.1. The fourth-order valence-electron chi connectivity index (χ4n) is 8.60. The number of carboxylic acids is 1. The van der Waals surface area contributed by atoms with E-state index in [4.69, 9.17) is 14.9 Å². The Bertz CT molecular complexity index is 1940. The summed E-state index contributed by atoms with van der Waals surface area (Å²) in [6.45, 7) is 3.32. The molecule has 50 heavy (non-hydrogen) atoms. The maximum Gasteiger partial charge on any atom is 0.356 e. The van der Waals surface area contributed by atoms with Crippen LogP contribution < -0.4 is 9.64 Å². The third-order valence-electron chi connectivity index (χ3n) is 11.2. The Morgan fingerprint density at radius 1 is 1.08 bits per heavy atom. The predicted molar refractivity (Wildman–Crippen MR) is 179 cm³/mol. The number of nitrogens with zero attached hydrogens (tertiary/aromatic N) is 8. The van der Waals surface area contributed by atoms with Crippen molar-refractivity contribution in [1.82, 2.24) is 34.7 Å². The van der Waals surface area contributed by atoms with E-state index in [2.05, 4.69) is 24.9 Å². The van der Waals surface area contributed by atoms with Crippen LogP contribution in [0.1, 0.15) is 97.2 Å². The largest absolute Gasteiger partial charge is 0.476 e. The zero-order valence-electron chi connectivity index (χ0n) is 28.2. The quantitative estimate of drug-likeness (QED) is 0.247. The summed E-state index contributed by atoms with van der Waals surface area (Å²) in [6, 6.07) is 6.70. The van der Waals surface area contributed by atoms with Gasteiger partial charge in [-0.25, -0.2) is 13.6 Å². The van der Waals surface area contributed by atoms with Crippen LogP contribution in [0.3, 0.4) is 0 Å². The number of alkyl halides is 2. The van der Waals surface area contributed by atoms with Gasteiger partial charge in [0.15, 0.2) is 11.5 Å². The van der Waals surface area contributed by atoms with Gasteiger partial charge in [-0.05, 0) is 86.1 Å². The van der Waals surface area contributed by atoms with Crippen molar-refractivity contribution in [3.63, 3.8) is 0 Å². The molecule has 1 aromatic carbocycles. The molecule has 8 rings (SSSR count). The number of ether oxygens (including phenoxy) is 1. The van der Waals surface area contributed by atoms with Crippen molar-refractivity contribution in [2.45, 2.75) is 89.8 Å². The SMILES string of the molecule is CC(=O)N1CCc2c(c(N3CCCc4cc(-c5cnn(C)c5)c(C(F)F)cc43)nn2C2CCC3(CC2)CC(Oc2ccc(C(=O)O)nn2)C3)C1. The monoisotopic (exact) mass is 686 g/mol. The van der Waals surface area contributed by atoms with Crippen LogP contribution in [0.15, 0.2) is 36.7 Å². The third kappa shape index (κ3) is 5.77. The highest BCUT2D eigenvalue weighted by Crippen LogP contribution is 2.55. The van der Waals surface area contributed by atoms with Gasteiger partial charge in [-0.2, -0.15) is 10.2 Å². The maximum atomic E-state index is 14.6. The molecule has 1 spiro atoms.